The van der Waals surface area contributed by atoms with Gasteiger partial charge in [0.25, 0.3) is 5.91 Å². The first-order valence-electron chi connectivity index (χ1n) is 12.2. The van der Waals surface area contributed by atoms with Gasteiger partial charge >= 0.3 is 6.18 Å². The Morgan fingerprint density at radius 2 is 1.77 bits per heavy atom. The van der Waals surface area contributed by atoms with Crippen molar-refractivity contribution in [2.24, 2.45) is 5.92 Å². The quantitative estimate of drug-likeness (QED) is 0.215. The molecule has 5 N–H and O–H groups in total. The molecule has 0 aliphatic rings. The van der Waals surface area contributed by atoms with Crippen LogP contribution in [0.4, 0.5) is 36.4 Å². The molecule has 1 atom stereocenters. The zero-order chi connectivity index (χ0) is 29.5. The SMILES string of the molecule is CCS(=O)(=O)Nc1ncccc1CNc1nc(Nc2ccc(C(=O)NC(CO)C(C)C)cc2)ncc1C(F)(F)F. The first-order valence-corrected chi connectivity index (χ1v) is 13.9. The van der Waals surface area contributed by atoms with Crippen molar-refractivity contribution in [1.82, 2.24) is 20.3 Å². The van der Waals surface area contributed by atoms with Gasteiger partial charge in [-0.2, -0.15) is 18.2 Å². The van der Waals surface area contributed by atoms with Crippen molar-refractivity contribution in [3.05, 3.63) is 65.5 Å². The van der Waals surface area contributed by atoms with Gasteiger partial charge in [0.15, 0.2) is 0 Å². The molecule has 216 valence electrons. The third kappa shape index (κ3) is 8.26. The molecule has 0 saturated carbocycles. The lowest BCUT2D eigenvalue weighted by Crippen LogP contribution is -2.41. The van der Waals surface area contributed by atoms with Crippen LogP contribution < -0.4 is 20.7 Å². The molecule has 0 saturated heterocycles. The Morgan fingerprint density at radius 3 is 2.38 bits per heavy atom. The number of hydrogen-bond donors (Lipinski definition) is 5. The monoisotopic (exact) mass is 581 g/mol. The average Bonchev–Trinajstić information content (AvgIpc) is 2.90. The van der Waals surface area contributed by atoms with Gasteiger partial charge in [0, 0.05) is 35.8 Å². The molecule has 0 radical (unpaired) electrons. The predicted octanol–water partition coefficient (Wildman–Crippen LogP) is 3.75. The number of rotatable bonds is 12. The van der Waals surface area contributed by atoms with E-state index in [1.165, 1.54) is 49.5 Å². The molecule has 15 heteroatoms. The summed E-state index contributed by atoms with van der Waals surface area (Å²) in [5, 5.41) is 17.6. The first-order chi connectivity index (χ1) is 18.8. The lowest BCUT2D eigenvalue weighted by atomic mass is 10.0. The lowest BCUT2D eigenvalue weighted by molar-refractivity contribution is -0.137. The average molecular weight is 582 g/mol. The van der Waals surface area contributed by atoms with Crippen LogP contribution in [0.2, 0.25) is 0 Å². The Labute approximate surface area is 229 Å². The molecular formula is C25H30F3N7O4S. The second-order valence-corrected chi connectivity index (χ2v) is 11.0. The Morgan fingerprint density at radius 1 is 1.07 bits per heavy atom. The Balaban J connectivity index is 1.79. The predicted molar refractivity (Wildman–Crippen MR) is 145 cm³/mol. The second-order valence-electron chi connectivity index (χ2n) is 9.03. The maximum Gasteiger partial charge on any atom is 0.421 e. The van der Waals surface area contributed by atoms with E-state index in [2.05, 4.69) is 35.6 Å². The van der Waals surface area contributed by atoms with Crippen LogP contribution in [0.3, 0.4) is 0 Å². The highest BCUT2D eigenvalue weighted by molar-refractivity contribution is 7.92. The van der Waals surface area contributed by atoms with E-state index in [1.54, 1.807) is 0 Å². The molecule has 2 heterocycles. The summed E-state index contributed by atoms with van der Waals surface area (Å²) < 4.78 is 67.2. The van der Waals surface area contributed by atoms with E-state index < -0.39 is 33.6 Å². The minimum absolute atomic E-state index is 0.0133. The minimum Gasteiger partial charge on any atom is -0.394 e. The highest BCUT2D eigenvalue weighted by Gasteiger charge is 2.35. The summed E-state index contributed by atoms with van der Waals surface area (Å²) in [5.74, 6) is -1.25. The molecule has 1 aromatic carbocycles. The summed E-state index contributed by atoms with van der Waals surface area (Å²) >= 11 is 0. The van der Waals surface area contributed by atoms with E-state index in [-0.39, 0.29) is 42.5 Å². The number of anilines is 4. The van der Waals surface area contributed by atoms with Crippen molar-refractivity contribution < 1.29 is 31.5 Å². The molecule has 0 fully saturated rings. The van der Waals surface area contributed by atoms with Gasteiger partial charge in [0.1, 0.15) is 17.2 Å². The van der Waals surface area contributed by atoms with E-state index in [1.807, 2.05) is 13.8 Å². The fourth-order valence-electron chi connectivity index (χ4n) is 3.36. The van der Waals surface area contributed by atoms with Crippen LogP contribution in [0.5, 0.6) is 0 Å². The van der Waals surface area contributed by atoms with Crippen LogP contribution in [0.1, 0.15) is 42.3 Å². The molecule has 2 aromatic heterocycles. The van der Waals surface area contributed by atoms with Gasteiger partial charge in [-0.15, -0.1) is 0 Å². The van der Waals surface area contributed by atoms with Gasteiger partial charge < -0.3 is 21.1 Å². The van der Waals surface area contributed by atoms with Crippen LogP contribution >= 0.6 is 0 Å². The summed E-state index contributed by atoms with van der Waals surface area (Å²) in [6, 6.07) is 8.72. The molecule has 3 rings (SSSR count). The fourth-order valence-corrected chi connectivity index (χ4v) is 3.99. The molecule has 1 amide bonds. The highest BCUT2D eigenvalue weighted by atomic mass is 32.2. The van der Waals surface area contributed by atoms with Gasteiger partial charge in [0.05, 0.1) is 18.4 Å². The Kier molecular flexibility index (Phi) is 9.87. The van der Waals surface area contributed by atoms with Crippen LogP contribution in [0.15, 0.2) is 48.8 Å². The first kappa shape index (κ1) is 30.6. The van der Waals surface area contributed by atoms with Crippen LogP contribution in [0, 0.1) is 5.92 Å². The molecule has 40 heavy (non-hydrogen) atoms. The number of aromatic nitrogens is 3. The van der Waals surface area contributed by atoms with Gasteiger partial charge in [-0.3, -0.25) is 9.52 Å². The highest BCUT2D eigenvalue weighted by Crippen LogP contribution is 2.34. The Hall–Kier alpha value is -3.98. The number of amides is 1. The molecule has 3 aromatic rings. The zero-order valence-electron chi connectivity index (χ0n) is 22.0. The number of sulfonamides is 1. The van der Waals surface area contributed by atoms with Crippen LogP contribution in [-0.4, -0.2) is 52.8 Å². The molecular weight excluding hydrogens is 551 g/mol. The van der Waals surface area contributed by atoms with E-state index in [4.69, 9.17) is 0 Å². The minimum atomic E-state index is -4.76. The molecule has 1 unspecified atom stereocenters. The smallest absolute Gasteiger partial charge is 0.394 e. The number of carbonyl (C=O) groups excluding carboxylic acids is 1. The second kappa shape index (κ2) is 12.9. The van der Waals surface area contributed by atoms with Gasteiger partial charge in [0.2, 0.25) is 16.0 Å². The molecule has 0 aliphatic carbocycles. The van der Waals surface area contributed by atoms with Gasteiger partial charge in [-0.05, 0) is 43.2 Å². The summed E-state index contributed by atoms with van der Waals surface area (Å²) in [6.07, 6.45) is -2.78. The molecule has 0 bridgehead atoms. The van der Waals surface area contributed by atoms with Crippen molar-refractivity contribution in [3.8, 4) is 0 Å². The molecule has 0 aliphatic heterocycles. The number of nitrogens with zero attached hydrogens (tertiary/aromatic N) is 3. The third-order valence-electron chi connectivity index (χ3n) is 5.79. The van der Waals surface area contributed by atoms with Crippen molar-refractivity contribution in [3.63, 3.8) is 0 Å². The summed E-state index contributed by atoms with van der Waals surface area (Å²) in [7, 11) is -3.66. The normalized spacial score (nSPS) is 12.6. The summed E-state index contributed by atoms with van der Waals surface area (Å²) in [5.41, 5.74) is -0.0802. The summed E-state index contributed by atoms with van der Waals surface area (Å²) in [4.78, 5) is 24.2. The zero-order valence-corrected chi connectivity index (χ0v) is 22.8. The number of alkyl halides is 3. The lowest BCUT2D eigenvalue weighted by Gasteiger charge is -2.20. The maximum atomic E-state index is 13.7. The van der Waals surface area contributed by atoms with Crippen molar-refractivity contribution in [1.29, 1.82) is 0 Å². The fraction of sp³-hybridized carbons (Fsp3) is 0.360. The number of nitrogens with one attached hydrogen (secondary N) is 4. The number of pyridine rings is 1. The van der Waals surface area contributed by atoms with Crippen molar-refractivity contribution in [2.45, 2.75) is 39.5 Å². The van der Waals surface area contributed by atoms with E-state index in [0.717, 1.165) is 0 Å². The number of aliphatic hydroxyl groups excluding tert-OH is 1. The Bertz CT molecular complexity index is 1420. The van der Waals surface area contributed by atoms with E-state index in [9.17, 15) is 31.5 Å². The van der Waals surface area contributed by atoms with E-state index in [0.29, 0.717) is 23.0 Å². The molecule has 0 spiro atoms. The third-order valence-corrected chi connectivity index (χ3v) is 7.05. The van der Waals surface area contributed by atoms with Crippen molar-refractivity contribution >= 4 is 39.2 Å². The summed E-state index contributed by atoms with van der Waals surface area (Å²) in [6.45, 7) is 4.75. The number of hydrogen-bond acceptors (Lipinski definition) is 9. The largest absolute Gasteiger partial charge is 0.421 e. The standard InChI is InChI=1S/C25H30F3N7O4S/c1-4-40(38,39)35-21-17(6-5-11-29-21)12-30-22-19(25(26,27)28)13-31-24(34-22)32-18-9-7-16(8-10-18)23(37)33-20(14-36)15(2)3/h5-11,13,15,20,36H,4,12,14H2,1-3H3,(H,29,35)(H,33,37)(H2,30,31,32,34). The van der Waals surface area contributed by atoms with E-state index >= 15 is 0 Å². The number of halogens is 3. The number of carbonyl (C=O) groups is 1. The number of aliphatic hydroxyl groups is 1. The van der Waals surface area contributed by atoms with Crippen LogP contribution in [-0.2, 0) is 22.7 Å². The molecule has 11 nitrogen and oxygen atoms in total. The van der Waals surface area contributed by atoms with Crippen LogP contribution in [0.25, 0.3) is 0 Å². The topological polar surface area (TPSA) is 158 Å². The number of benzene rings is 1. The van der Waals surface area contributed by atoms with Crippen molar-refractivity contribution in [2.75, 3.05) is 27.7 Å². The maximum absolute atomic E-state index is 13.7. The van der Waals surface area contributed by atoms with Gasteiger partial charge in [-0.25, -0.2) is 18.4 Å². The van der Waals surface area contributed by atoms with Gasteiger partial charge in [-0.1, -0.05) is 19.9 Å².